The lowest BCUT2D eigenvalue weighted by atomic mass is 9.80. The highest BCUT2D eigenvalue weighted by molar-refractivity contribution is 6.00. The monoisotopic (exact) mass is 332 g/mol. The minimum absolute atomic E-state index is 0.0357. The molecule has 0 spiro atoms. The topological polar surface area (TPSA) is 61.8 Å². The van der Waals surface area contributed by atoms with E-state index in [-0.39, 0.29) is 13.0 Å². The molecule has 0 aromatic carbocycles. The molecule has 130 valence electrons. The van der Waals surface area contributed by atoms with Crippen LogP contribution in [0.4, 0.5) is 0 Å². The van der Waals surface area contributed by atoms with E-state index < -0.39 is 17.4 Å². The maximum Gasteiger partial charge on any atom is 0.324 e. The molecule has 1 aliphatic rings. The first-order valence-electron chi connectivity index (χ1n) is 7.92. The third-order valence-electron chi connectivity index (χ3n) is 3.78. The molecule has 0 bridgehead atoms. The van der Waals surface area contributed by atoms with Crippen molar-refractivity contribution >= 4 is 11.9 Å². The smallest absolute Gasteiger partial charge is 0.324 e. The van der Waals surface area contributed by atoms with E-state index in [0.717, 1.165) is 12.8 Å². The van der Waals surface area contributed by atoms with Crippen molar-refractivity contribution in [3.05, 3.63) is 11.6 Å². The number of allylic oxidation sites excluding steroid dienone is 2. The molecule has 5 heteroatoms. The third kappa shape index (κ3) is 6.10. The van der Waals surface area contributed by atoms with Crippen LogP contribution < -0.4 is 0 Å². The molecule has 24 heavy (non-hydrogen) atoms. The highest BCUT2D eigenvalue weighted by atomic mass is 16.5. The van der Waals surface area contributed by atoms with Crippen molar-refractivity contribution in [2.75, 3.05) is 27.4 Å². The molecular weight excluding hydrogens is 308 g/mol. The molecule has 0 atom stereocenters. The van der Waals surface area contributed by atoms with Gasteiger partial charge in [0.1, 0.15) is 6.61 Å². The molecule has 0 heterocycles. The number of hydrogen-bond acceptors (Lipinski definition) is 5. The molecule has 0 unspecified atom stereocenters. The Bertz CT molecular complexity index is 549. The van der Waals surface area contributed by atoms with Gasteiger partial charge in [0.15, 0.2) is 5.41 Å². The number of esters is 2. The molecule has 0 radical (unpaired) electrons. The fourth-order valence-electron chi connectivity index (χ4n) is 2.23. The second-order valence-corrected chi connectivity index (χ2v) is 5.50. The fourth-order valence-corrected chi connectivity index (χ4v) is 2.23. The number of methoxy groups -OCH3 is 2. The molecule has 1 saturated carbocycles. The van der Waals surface area contributed by atoms with Gasteiger partial charge in [0.2, 0.25) is 0 Å². The molecule has 0 aliphatic heterocycles. The van der Waals surface area contributed by atoms with Gasteiger partial charge in [-0.25, -0.2) is 0 Å². The van der Waals surface area contributed by atoms with Crippen molar-refractivity contribution < 1.29 is 23.8 Å². The van der Waals surface area contributed by atoms with Crippen molar-refractivity contribution in [1.29, 1.82) is 0 Å². The Morgan fingerprint density at radius 2 is 1.88 bits per heavy atom. The Balaban J connectivity index is 2.75. The zero-order valence-electron chi connectivity index (χ0n) is 14.4. The van der Waals surface area contributed by atoms with Crippen LogP contribution in [-0.4, -0.2) is 39.4 Å². The second kappa shape index (κ2) is 10.5. The van der Waals surface area contributed by atoms with Crippen LogP contribution in [0, 0.1) is 29.6 Å². The summed E-state index contributed by atoms with van der Waals surface area (Å²) in [6.07, 6.45) is 10.9. The quantitative estimate of drug-likeness (QED) is 0.213. The predicted octanol–water partition coefficient (Wildman–Crippen LogP) is 2.25. The van der Waals surface area contributed by atoms with E-state index in [1.165, 1.54) is 19.8 Å². The van der Waals surface area contributed by atoms with Gasteiger partial charge in [-0.3, -0.25) is 9.59 Å². The summed E-state index contributed by atoms with van der Waals surface area (Å²) in [6.45, 7) is 0.627. The summed E-state index contributed by atoms with van der Waals surface area (Å²) in [5.74, 6) is 6.86. The van der Waals surface area contributed by atoms with Crippen LogP contribution >= 0.6 is 0 Å². The van der Waals surface area contributed by atoms with Crippen molar-refractivity contribution in [1.82, 2.24) is 0 Å². The summed E-state index contributed by atoms with van der Waals surface area (Å²) in [4.78, 5) is 24.5. The molecule has 0 N–H and O–H groups in total. The van der Waals surface area contributed by atoms with Gasteiger partial charge in [0, 0.05) is 12.8 Å². The summed E-state index contributed by atoms with van der Waals surface area (Å²) in [7, 11) is 2.52. The second-order valence-electron chi connectivity index (χ2n) is 5.50. The minimum Gasteiger partial charge on any atom is -0.468 e. The molecule has 1 aliphatic carbocycles. The standard InChI is InChI=1S/C19H24O5/c1-4-5-14-24-15-7-6-12-19(17(20)22-2,18(21)23-3)13-8-9-16-10-11-16/h1,9H,5,8,10-15H2,2-3H3. The van der Waals surface area contributed by atoms with Crippen molar-refractivity contribution in [2.45, 2.75) is 38.5 Å². The average molecular weight is 332 g/mol. The van der Waals surface area contributed by atoms with Crippen molar-refractivity contribution in [3.63, 3.8) is 0 Å². The van der Waals surface area contributed by atoms with E-state index in [1.54, 1.807) is 0 Å². The first-order valence-corrected chi connectivity index (χ1v) is 7.92. The fraction of sp³-hybridized carbons (Fsp3) is 0.579. The van der Waals surface area contributed by atoms with Crippen LogP contribution in [0.3, 0.4) is 0 Å². The molecule has 1 rings (SSSR count). The first kappa shape index (κ1) is 19.8. The van der Waals surface area contributed by atoms with E-state index >= 15 is 0 Å². The number of ether oxygens (including phenoxy) is 3. The van der Waals surface area contributed by atoms with Gasteiger partial charge in [0.05, 0.1) is 20.8 Å². The van der Waals surface area contributed by atoms with Gasteiger partial charge in [0.25, 0.3) is 0 Å². The summed E-state index contributed by atoms with van der Waals surface area (Å²) in [5, 5.41) is 0. The Morgan fingerprint density at radius 1 is 1.21 bits per heavy atom. The Hall–Kier alpha value is -2.24. The van der Waals surface area contributed by atoms with Crippen LogP contribution in [0.1, 0.15) is 38.5 Å². The average Bonchev–Trinajstić information content (AvgIpc) is 3.42. The maximum absolute atomic E-state index is 12.3. The third-order valence-corrected chi connectivity index (χ3v) is 3.78. The van der Waals surface area contributed by atoms with Gasteiger partial charge in [-0.05, 0) is 25.7 Å². The normalized spacial score (nSPS) is 12.5. The Labute approximate surface area is 143 Å². The number of carbonyl (C=O) groups is 2. The van der Waals surface area contributed by atoms with Gasteiger partial charge < -0.3 is 14.2 Å². The Morgan fingerprint density at radius 3 is 2.42 bits per heavy atom. The van der Waals surface area contributed by atoms with E-state index in [1.807, 2.05) is 0 Å². The highest BCUT2D eigenvalue weighted by Gasteiger charge is 2.47. The summed E-state index contributed by atoms with van der Waals surface area (Å²) < 4.78 is 14.9. The van der Waals surface area contributed by atoms with E-state index in [9.17, 15) is 9.59 Å². The zero-order chi connectivity index (χ0) is 17.8. The lowest BCUT2D eigenvalue weighted by Crippen LogP contribution is -2.41. The number of carbonyl (C=O) groups excluding carboxylic acids is 2. The van der Waals surface area contributed by atoms with Crippen molar-refractivity contribution in [3.8, 4) is 24.2 Å². The molecule has 0 aromatic heterocycles. The Kier molecular flexibility index (Phi) is 8.68. The van der Waals surface area contributed by atoms with Crippen molar-refractivity contribution in [2.24, 2.45) is 5.41 Å². The van der Waals surface area contributed by atoms with E-state index in [0.29, 0.717) is 25.9 Å². The number of hydrogen-bond donors (Lipinski definition) is 0. The van der Waals surface area contributed by atoms with E-state index in [4.69, 9.17) is 20.6 Å². The van der Waals surface area contributed by atoms with Gasteiger partial charge >= 0.3 is 11.9 Å². The van der Waals surface area contributed by atoms with Gasteiger partial charge in [-0.15, -0.1) is 12.3 Å². The number of rotatable bonds is 9. The zero-order valence-corrected chi connectivity index (χ0v) is 14.4. The summed E-state index contributed by atoms with van der Waals surface area (Å²) in [5.41, 5.74) is -0.0482. The number of terminal acetylenes is 1. The molecular formula is C19H24O5. The lowest BCUT2D eigenvalue weighted by molar-refractivity contribution is -0.169. The SMILES string of the molecule is C#CCCOCC#CCC(CCC=C1CC1)(C(=O)OC)C(=O)OC. The molecule has 5 nitrogen and oxygen atoms in total. The van der Waals surface area contributed by atoms with Crippen LogP contribution in [0.2, 0.25) is 0 Å². The van der Waals surface area contributed by atoms with E-state index in [2.05, 4.69) is 23.8 Å². The molecule has 0 aromatic rings. The minimum atomic E-state index is -1.40. The molecule has 0 amide bonds. The first-order chi connectivity index (χ1) is 11.6. The molecule has 0 saturated heterocycles. The van der Waals surface area contributed by atoms with Gasteiger partial charge in [-0.2, -0.15) is 0 Å². The predicted molar refractivity (Wildman–Crippen MR) is 89.7 cm³/mol. The summed E-state index contributed by atoms with van der Waals surface area (Å²) in [6, 6.07) is 0. The highest BCUT2D eigenvalue weighted by Crippen LogP contribution is 2.34. The molecule has 1 fully saturated rings. The van der Waals surface area contributed by atoms with Gasteiger partial charge in [-0.1, -0.05) is 23.5 Å². The van der Waals surface area contributed by atoms with Crippen LogP contribution in [0.5, 0.6) is 0 Å². The van der Waals surface area contributed by atoms with Crippen LogP contribution in [-0.2, 0) is 23.8 Å². The summed E-state index contributed by atoms with van der Waals surface area (Å²) >= 11 is 0. The lowest BCUT2D eigenvalue weighted by Gasteiger charge is -2.25. The largest absolute Gasteiger partial charge is 0.468 e. The van der Waals surface area contributed by atoms with Crippen LogP contribution in [0.15, 0.2) is 11.6 Å². The maximum atomic E-state index is 12.3. The van der Waals surface area contributed by atoms with Crippen LogP contribution in [0.25, 0.3) is 0 Å².